The van der Waals surface area contributed by atoms with Crippen molar-refractivity contribution in [3.05, 3.63) is 63.1 Å². The number of fused-ring (bicyclic) bond motifs is 2. The first-order chi connectivity index (χ1) is 15.6. The molecule has 0 saturated carbocycles. The molecule has 0 aliphatic carbocycles. The van der Waals surface area contributed by atoms with Gasteiger partial charge in [-0.05, 0) is 33.3 Å². The van der Waals surface area contributed by atoms with Gasteiger partial charge in [0.05, 0.1) is 6.54 Å². The average Bonchev–Trinajstić information content (AvgIpc) is 2.75. The van der Waals surface area contributed by atoms with Gasteiger partial charge in [0.2, 0.25) is 5.43 Å². The number of hydrogen-bond acceptors (Lipinski definition) is 5. The number of rotatable bonds is 4. The Morgan fingerprint density at radius 1 is 1.27 bits per heavy atom. The van der Waals surface area contributed by atoms with E-state index >= 15 is 0 Å². The van der Waals surface area contributed by atoms with Crippen LogP contribution in [0.2, 0.25) is 0 Å². The molecule has 176 valence electrons. The third-order valence-electron chi connectivity index (χ3n) is 6.40. The summed E-state index contributed by atoms with van der Waals surface area (Å²) in [6.45, 7) is 6.80. The van der Waals surface area contributed by atoms with Gasteiger partial charge in [0.1, 0.15) is 23.4 Å². The molecule has 0 radical (unpaired) electrons. The van der Waals surface area contributed by atoms with Gasteiger partial charge < -0.3 is 19.9 Å². The molecule has 2 aliphatic heterocycles. The summed E-state index contributed by atoms with van der Waals surface area (Å²) in [4.78, 5) is 42.6. The van der Waals surface area contributed by atoms with E-state index in [1.807, 2.05) is 20.8 Å². The minimum Gasteiger partial charge on any atom is -0.503 e. The second-order valence-electron chi connectivity index (χ2n) is 8.80. The van der Waals surface area contributed by atoms with Crippen LogP contribution < -0.4 is 10.7 Å². The Labute approximate surface area is 189 Å². The SMILES string of the molecule is CC(C)N1CCC(C)N2C(=O)c3c(O)c(=O)c(C(=O)NCc4ccc(F)cc4F)cn3CC12. The van der Waals surface area contributed by atoms with Gasteiger partial charge in [-0.15, -0.1) is 0 Å². The number of halogens is 2. The van der Waals surface area contributed by atoms with Gasteiger partial charge in [-0.1, -0.05) is 6.07 Å². The smallest absolute Gasteiger partial charge is 0.276 e. The second-order valence-corrected chi connectivity index (χ2v) is 8.80. The predicted octanol–water partition coefficient (Wildman–Crippen LogP) is 2.05. The van der Waals surface area contributed by atoms with Crippen LogP contribution in [0.3, 0.4) is 0 Å². The topological polar surface area (TPSA) is 94.9 Å². The highest BCUT2D eigenvalue weighted by Gasteiger charge is 2.44. The van der Waals surface area contributed by atoms with Crippen molar-refractivity contribution in [1.82, 2.24) is 19.7 Å². The predicted molar refractivity (Wildman–Crippen MR) is 116 cm³/mol. The summed E-state index contributed by atoms with van der Waals surface area (Å²) in [5, 5.41) is 13.0. The maximum atomic E-state index is 13.9. The molecule has 1 saturated heterocycles. The van der Waals surface area contributed by atoms with Crippen LogP contribution in [0.1, 0.15) is 53.6 Å². The molecule has 1 aromatic heterocycles. The highest BCUT2D eigenvalue weighted by molar-refractivity contribution is 5.99. The standard InChI is InChI=1S/C23H26F2N4O4/c1-12(2)28-7-6-13(3)29-18(28)11-27-10-16(20(30)21(31)19(27)23(29)33)22(32)26-9-14-4-5-15(24)8-17(14)25/h4-5,8,10,12-13,18,31H,6-7,9,11H2,1-3H3,(H,26,32). The number of carbonyl (C=O) groups excluding carboxylic acids is 2. The van der Waals surface area contributed by atoms with E-state index in [1.54, 1.807) is 4.90 Å². The molecule has 2 amide bonds. The van der Waals surface area contributed by atoms with Crippen molar-refractivity contribution in [2.45, 2.75) is 58.5 Å². The van der Waals surface area contributed by atoms with Gasteiger partial charge in [0.25, 0.3) is 11.8 Å². The molecular weight excluding hydrogens is 434 g/mol. The summed E-state index contributed by atoms with van der Waals surface area (Å²) in [5.74, 6) is -3.65. The lowest BCUT2D eigenvalue weighted by Gasteiger charge is -2.51. The molecular formula is C23H26F2N4O4. The zero-order valence-corrected chi connectivity index (χ0v) is 18.6. The lowest BCUT2D eigenvalue weighted by molar-refractivity contribution is -0.0454. The lowest BCUT2D eigenvalue weighted by Crippen LogP contribution is -2.65. The molecule has 2 N–H and O–H groups in total. The lowest BCUT2D eigenvalue weighted by atomic mass is 10.0. The van der Waals surface area contributed by atoms with Crippen molar-refractivity contribution in [3.63, 3.8) is 0 Å². The number of amides is 2. The summed E-state index contributed by atoms with van der Waals surface area (Å²) in [7, 11) is 0. The van der Waals surface area contributed by atoms with Crippen LogP contribution in [0, 0.1) is 11.6 Å². The van der Waals surface area contributed by atoms with E-state index in [-0.39, 0.29) is 48.2 Å². The number of nitrogens with one attached hydrogen (secondary N) is 1. The zero-order chi connectivity index (χ0) is 24.0. The highest BCUT2D eigenvalue weighted by Crippen LogP contribution is 2.31. The fourth-order valence-corrected chi connectivity index (χ4v) is 4.62. The van der Waals surface area contributed by atoms with E-state index in [4.69, 9.17) is 0 Å². The van der Waals surface area contributed by atoms with E-state index in [2.05, 4.69) is 10.2 Å². The van der Waals surface area contributed by atoms with E-state index in [0.29, 0.717) is 6.07 Å². The first-order valence-corrected chi connectivity index (χ1v) is 10.9. The van der Waals surface area contributed by atoms with Crippen molar-refractivity contribution in [2.24, 2.45) is 0 Å². The van der Waals surface area contributed by atoms with Crippen LogP contribution in [0.25, 0.3) is 0 Å². The third-order valence-corrected chi connectivity index (χ3v) is 6.40. The molecule has 0 bridgehead atoms. The molecule has 33 heavy (non-hydrogen) atoms. The number of aromatic hydroxyl groups is 1. The zero-order valence-electron chi connectivity index (χ0n) is 18.6. The van der Waals surface area contributed by atoms with Gasteiger partial charge in [-0.2, -0.15) is 0 Å². The van der Waals surface area contributed by atoms with Crippen molar-refractivity contribution < 1.29 is 23.5 Å². The van der Waals surface area contributed by atoms with Gasteiger partial charge in [0.15, 0.2) is 11.4 Å². The molecule has 2 atom stereocenters. The van der Waals surface area contributed by atoms with Crippen LogP contribution in [0.5, 0.6) is 5.75 Å². The van der Waals surface area contributed by atoms with Crippen molar-refractivity contribution in [3.8, 4) is 5.75 Å². The average molecular weight is 460 g/mol. The number of aromatic nitrogens is 1. The number of carbonyl (C=O) groups is 2. The molecule has 8 nitrogen and oxygen atoms in total. The summed E-state index contributed by atoms with van der Waals surface area (Å²) < 4.78 is 28.4. The number of hydrogen-bond donors (Lipinski definition) is 2. The Hall–Kier alpha value is -3.27. The summed E-state index contributed by atoms with van der Waals surface area (Å²) in [5.41, 5.74) is -1.44. The Bertz CT molecular complexity index is 1180. The summed E-state index contributed by atoms with van der Waals surface area (Å²) in [6.07, 6.45) is 1.76. The molecule has 2 unspecified atom stereocenters. The maximum absolute atomic E-state index is 13.9. The number of nitrogens with zero attached hydrogens (tertiary/aromatic N) is 3. The Morgan fingerprint density at radius 3 is 2.67 bits per heavy atom. The van der Waals surface area contributed by atoms with Gasteiger partial charge in [-0.25, -0.2) is 8.78 Å². The number of benzene rings is 1. The largest absolute Gasteiger partial charge is 0.503 e. The molecule has 2 aromatic rings. The normalized spacial score (nSPS) is 20.5. The first kappa shape index (κ1) is 22.9. The van der Waals surface area contributed by atoms with Crippen molar-refractivity contribution in [2.75, 3.05) is 6.54 Å². The molecule has 0 spiro atoms. The molecule has 1 fully saturated rings. The van der Waals surface area contributed by atoms with Crippen molar-refractivity contribution in [1.29, 1.82) is 0 Å². The Kier molecular flexibility index (Phi) is 5.96. The quantitative estimate of drug-likeness (QED) is 0.728. The fourth-order valence-electron chi connectivity index (χ4n) is 4.62. The van der Waals surface area contributed by atoms with Crippen LogP contribution >= 0.6 is 0 Å². The summed E-state index contributed by atoms with van der Waals surface area (Å²) in [6, 6.07) is 3.06. The van der Waals surface area contributed by atoms with Crippen LogP contribution in [-0.4, -0.2) is 56.1 Å². The maximum Gasteiger partial charge on any atom is 0.276 e. The summed E-state index contributed by atoms with van der Waals surface area (Å²) >= 11 is 0. The fraction of sp³-hybridized carbons (Fsp3) is 0.435. The van der Waals surface area contributed by atoms with Crippen LogP contribution in [0.15, 0.2) is 29.2 Å². The van der Waals surface area contributed by atoms with Crippen LogP contribution in [0.4, 0.5) is 8.78 Å². The Morgan fingerprint density at radius 2 is 2.00 bits per heavy atom. The molecule has 4 rings (SSSR count). The minimum atomic E-state index is -0.976. The minimum absolute atomic E-state index is 0.0432. The second kappa shape index (κ2) is 8.58. The molecule has 3 heterocycles. The first-order valence-electron chi connectivity index (χ1n) is 10.9. The highest BCUT2D eigenvalue weighted by atomic mass is 19.1. The van der Waals surface area contributed by atoms with Gasteiger partial charge in [0, 0.05) is 43.0 Å². The van der Waals surface area contributed by atoms with Crippen molar-refractivity contribution >= 4 is 11.8 Å². The van der Waals surface area contributed by atoms with Gasteiger partial charge in [-0.3, -0.25) is 19.3 Å². The molecule has 10 heteroatoms. The third kappa shape index (κ3) is 3.99. The monoisotopic (exact) mass is 460 g/mol. The Balaban J connectivity index is 1.66. The van der Waals surface area contributed by atoms with E-state index < -0.39 is 34.6 Å². The van der Waals surface area contributed by atoms with E-state index in [0.717, 1.165) is 19.0 Å². The van der Waals surface area contributed by atoms with E-state index in [9.17, 15) is 28.3 Å². The van der Waals surface area contributed by atoms with E-state index in [1.165, 1.54) is 16.8 Å². The molecule has 2 aliphatic rings. The van der Waals surface area contributed by atoms with Gasteiger partial charge >= 0.3 is 0 Å². The van der Waals surface area contributed by atoms with Crippen LogP contribution in [-0.2, 0) is 13.1 Å². The number of pyridine rings is 1. The molecule has 1 aromatic carbocycles.